The number of benzene rings is 1. The highest BCUT2D eigenvalue weighted by molar-refractivity contribution is 5.91. The maximum atomic E-state index is 13.0. The van der Waals surface area contributed by atoms with Crippen molar-refractivity contribution in [2.24, 2.45) is 0 Å². The number of nitrogens with one attached hydrogen (secondary N) is 2. The topological polar surface area (TPSA) is 44.4 Å². The van der Waals surface area contributed by atoms with E-state index < -0.39 is 5.41 Å². The molecule has 2 N–H and O–H groups in total. The molecule has 1 saturated carbocycles. The Labute approximate surface area is 131 Å². The SMILES string of the molecule is O=C(NCCCN1CCNCC1)C1(c2ccc(F)cc2)CC1. The van der Waals surface area contributed by atoms with Crippen LogP contribution in [0.1, 0.15) is 24.8 Å². The molecule has 1 aliphatic carbocycles. The highest BCUT2D eigenvalue weighted by Crippen LogP contribution is 2.48. The van der Waals surface area contributed by atoms with Gasteiger partial charge in [-0.05, 0) is 43.5 Å². The molecular weight excluding hydrogens is 281 g/mol. The minimum absolute atomic E-state index is 0.0967. The summed E-state index contributed by atoms with van der Waals surface area (Å²) in [6.07, 6.45) is 2.70. The summed E-state index contributed by atoms with van der Waals surface area (Å²) in [6, 6.07) is 6.35. The third kappa shape index (κ3) is 3.47. The van der Waals surface area contributed by atoms with Crippen molar-refractivity contribution >= 4 is 5.91 Å². The van der Waals surface area contributed by atoms with Gasteiger partial charge in [0.05, 0.1) is 5.41 Å². The van der Waals surface area contributed by atoms with E-state index in [-0.39, 0.29) is 11.7 Å². The van der Waals surface area contributed by atoms with Crippen molar-refractivity contribution in [2.75, 3.05) is 39.3 Å². The number of carbonyl (C=O) groups excluding carboxylic acids is 1. The van der Waals surface area contributed by atoms with Crippen LogP contribution in [0.5, 0.6) is 0 Å². The number of rotatable bonds is 6. The summed E-state index contributed by atoms with van der Waals surface area (Å²) in [4.78, 5) is 14.9. The first-order valence-corrected chi connectivity index (χ1v) is 8.18. The second kappa shape index (κ2) is 6.75. The predicted molar refractivity (Wildman–Crippen MR) is 84.2 cm³/mol. The Morgan fingerprint density at radius 1 is 1.23 bits per heavy atom. The molecule has 1 aromatic carbocycles. The zero-order chi connectivity index (χ0) is 15.4. The standard InChI is InChI=1S/C17H24FN3O/c18-15-4-2-14(3-5-15)17(6-7-17)16(22)20-8-1-11-21-12-9-19-10-13-21/h2-5,19H,1,6-13H2,(H,20,22). The summed E-state index contributed by atoms with van der Waals surface area (Å²) >= 11 is 0. The van der Waals surface area contributed by atoms with Crippen LogP contribution in [0.4, 0.5) is 4.39 Å². The summed E-state index contributed by atoms with van der Waals surface area (Å²) in [5.74, 6) is -0.157. The summed E-state index contributed by atoms with van der Waals surface area (Å²) in [6.45, 7) is 6.04. The lowest BCUT2D eigenvalue weighted by Gasteiger charge is -2.27. The molecule has 0 radical (unpaired) electrons. The lowest BCUT2D eigenvalue weighted by molar-refractivity contribution is -0.123. The second-order valence-corrected chi connectivity index (χ2v) is 6.29. The van der Waals surface area contributed by atoms with Crippen molar-refractivity contribution in [2.45, 2.75) is 24.7 Å². The Bertz CT molecular complexity index is 507. The van der Waals surface area contributed by atoms with E-state index >= 15 is 0 Å². The maximum absolute atomic E-state index is 13.0. The van der Waals surface area contributed by atoms with Crippen molar-refractivity contribution in [3.8, 4) is 0 Å². The monoisotopic (exact) mass is 305 g/mol. The molecule has 0 aromatic heterocycles. The van der Waals surface area contributed by atoms with Gasteiger partial charge in [0.1, 0.15) is 5.82 Å². The van der Waals surface area contributed by atoms with E-state index in [2.05, 4.69) is 15.5 Å². The molecule has 3 rings (SSSR count). The average Bonchev–Trinajstić information content (AvgIpc) is 3.35. The van der Waals surface area contributed by atoms with Gasteiger partial charge in [-0.3, -0.25) is 4.79 Å². The zero-order valence-electron chi connectivity index (χ0n) is 12.9. The highest BCUT2D eigenvalue weighted by atomic mass is 19.1. The van der Waals surface area contributed by atoms with Crippen molar-refractivity contribution in [1.29, 1.82) is 0 Å². The quantitative estimate of drug-likeness (QED) is 0.778. The van der Waals surface area contributed by atoms with E-state index in [0.717, 1.165) is 57.5 Å². The van der Waals surface area contributed by atoms with Gasteiger partial charge in [-0.1, -0.05) is 12.1 Å². The van der Waals surface area contributed by atoms with Gasteiger partial charge in [0.2, 0.25) is 5.91 Å². The highest BCUT2D eigenvalue weighted by Gasteiger charge is 2.50. The van der Waals surface area contributed by atoms with Crippen LogP contribution < -0.4 is 10.6 Å². The number of nitrogens with zero attached hydrogens (tertiary/aromatic N) is 1. The van der Waals surface area contributed by atoms with Crippen molar-refractivity contribution in [3.63, 3.8) is 0 Å². The Kier molecular flexibility index (Phi) is 4.74. The van der Waals surface area contributed by atoms with Gasteiger partial charge < -0.3 is 15.5 Å². The summed E-state index contributed by atoms with van der Waals surface area (Å²) in [5.41, 5.74) is 0.538. The fourth-order valence-corrected chi connectivity index (χ4v) is 3.15. The second-order valence-electron chi connectivity index (χ2n) is 6.29. The van der Waals surface area contributed by atoms with E-state index in [0.29, 0.717) is 6.54 Å². The van der Waals surface area contributed by atoms with E-state index in [1.165, 1.54) is 12.1 Å². The molecule has 0 bridgehead atoms. The summed E-state index contributed by atoms with van der Waals surface area (Å²) in [5, 5.41) is 6.40. The van der Waals surface area contributed by atoms with E-state index in [9.17, 15) is 9.18 Å². The third-order valence-corrected chi connectivity index (χ3v) is 4.73. The molecule has 2 fully saturated rings. The molecule has 0 unspecified atom stereocenters. The Morgan fingerprint density at radius 3 is 2.55 bits per heavy atom. The number of halogens is 1. The lowest BCUT2D eigenvalue weighted by Crippen LogP contribution is -2.44. The predicted octanol–water partition coefficient (Wildman–Crippen LogP) is 1.27. The largest absolute Gasteiger partial charge is 0.355 e. The molecule has 0 spiro atoms. The van der Waals surface area contributed by atoms with Crippen LogP contribution in [-0.2, 0) is 10.2 Å². The molecule has 1 aliphatic heterocycles. The third-order valence-electron chi connectivity index (χ3n) is 4.73. The molecule has 1 aromatic rings. The lowest BCUT2D eigenvalue weighted by atomic mass is 9.95. The van der Waals surface area contributed by atoms with Gasteiger partial charge in [0, 0.05) is 32.7 Å². The Hall–Kier alpha value is -1.46. The summed E-state index contributed by atoms with van der Waals surface area (Å²) < 4.78 is 13.0. The van der Waals surface area contributed by atoms with Crippen LogP contribution in [0, 0.1) is 5.82 Å². The molecular formula is C17H24FN3O. The van der Waals surface area contributed by atoms with Crippen LogP contribution >= 0.6 is 0 Å². The Morgan fingerprint density at radius 2 is 1.91 bits per heavy atom. The maximum Gasteiger partial charge on any atom is 0.230 e. The van der Waals surface area contributed by atoms with E-state index in [4.69, 9.17) is 0 Å². The van der Waals surface area contributed by atoms with Gasteiger partial charge in [0.15, 0.2) is 0 Å². The Balaban J connectivity index is 1.44. The van der Waals surface area contributed by atoms with Crippen molar-refractivity contribution in [1.82, 2.24) is 15.5 Å². The molecule has 2 aliphatic rings. The molecule has 0 atom stereocenters. The molecule has 5 heteroatoms. The number of carbonyl (C=O) groups is 1. The molecule has 120 valence electrons. The first-order valence-electron chi connectivity index (χ1n) is 8.18. The van der Waals surface area contributed by atoms with Crippen molar-refractivity contribution < 1.29 is 9.18 Å². The normalized spacial score (nSPS) is 20.6. The van der Waals surface area contributed by atoms with Gasteiger partial charge in [-0.25, -0.2) is 4.39 Å². The molecule has 22 heavy (non-hydrogen) atoms. The van der Waals surface area contributed by atoms with Gasteiger partial charge in [0.25, 0.3) is 0 Å². The molecule has 4 nitrogen and oxygen atoms in total. The average molecular weight is 305 g/mol. The fourth-order valence-electron chi connectivity index (χ4n) is 3.15. The number of amides is 1. The van der Waals surface area contributed by atoms with Gasteiger partial charge in [-0.15, -0.1) is 0 Å². The summed E-state index contributed by atoms with van der Waals surface area (Å²) in [7, 11) is 0. The number of hydrogen-bond acceptors (Lipinski definition) is 3. The van der Waals surface area contributed by atoms with Crippen molar-refractivity contribution in [3.05, 3.63) is 35.6 Å². The van der Waals surface area contributed by atoms with Crippen LogP contribution in [0.15, 0.2) is 24.3 Å². The molecule has 1 saturated heterocycles. The molecule has 1 heterocycles. The number of hydrogen-bond donors (Lipinski definition) is 2. The minimum atomic E-state index is -0.400. The van der Waals surface area contributed by atoms with E-state index in [1.807, 2.05) is 0 Å². The first-order chi connectivity index (χ1) is 10.7. The zero-order valence-corrected chi connectivity index (χ0v) is 12.9. The number of piperazine rings is 1. The van der Waals surface area contributed by atoms with Gasteiger partial charge >= 0.3 is 0 Å². The van der Waals surface area contributed by atoms with Crippen LogP contribution in [-0.4, -0.2) is 50.1 Å². The van der Waals surface area contributed by atoms with Crippen LogP contribution in [0.3, 0.4) is 0 Å². The van der Waals surface area contributed by atoms with Crippen LogP contribution in [0.2, 0.25) is 0 Å². The molecule has 1 amide bonds. The van der Waals surface area contributed by atoms with Gasteiger partial charge in [-0.2, -0.15) is 0 Å². The first kappa shape index (κ1) is 15.4. The smallest absolute Gasteiger partial charge is 0.230 e. The fraction of sp³-hybridized carbons (Fsp3) is 0.588. The van der Waals surface area contributed by atoms with E-state index in [1.54, 1.807) is 12.1 Å². The van der Waals surface area contributed by atoms with Crippen LogP contribution in [0.25, 0.3) is 0 Å². The minimum Gasteiger partial charge on any atom is -0.355 e.